The summed E-state index contributed by atoms with van der Waals surface area (Å²) in [7, 11) is 2.18. The second-order valence-electron chi connectivity index (χ2n) is 5.59. The molecule has 0 aromatic heterocycles. The van der Waals surface area contributed by atoms with Gasteiger partial charge in [-0.25, -0.2) is 0 Å². The Bertz CT molecular complexity index is 424. The summed E-state index contributed by atoms with van der Waals surface area (Å²) in [6, 6.07) is 11.5. The van der Waals surface area contributed by atoms with Crippen LogP contribution in [0.4, 0.5) is 0 Å². The van der Waals surface area contributed by atoms with E-state index in [1.807, 2.05) is 0 Å². The summed E-state index contributed by atoms with van der Waals surface area (Å²) in [6.45, 7) is 1.18. The van der Waals surface area contributed by atoms with Crippen LogP contribution in [0.1, 0.15) is 43.6 Å². The van der Waals surface area contributed by atoms with Crippen LogP contribution < -0.4 is 0 Å². The Morgan fingerprint density at radius 3 is 2.67 bits per heavy atom. The van der Waals surface area contributed by atoms with E-state index in [1.165, 1.54) is 50.0 Å². The van der Waals surface area contributed by atoms with Crippen molar-refractivity contribution in [2.75, 3.05) is 13.6 Å². The molecule has 0 N–H and O–H groups in total. The van der Waals surface area contributed by atoms with Gasteiger partial charge in [-0.3, -0.25) is 4.99 Å². The molecule has 2 atom stereocenters. The fourth-order valence-corrected chi connectivity index (χ4v) is 3.33. The van der Waals surface area contributed by atoms with Crippen LogP contribution in [0.2, 0.25) is 0 Å². The summed E-state index contributed by atoms with van der Waals surface area (Å²) in [4.78, 5) is 7.39. The molecule has 1 saturated heterocycles. The Labute approximate surface area is 110 Å². The summed E-state index contributed by atoms with van der Waals surface area (Å²) in [5.74, 6) is 1.98. The molecule has 18 heavy (non-hydrogen) atoms. The van der Waals surface area contributed by atoms with E-state index in [9.17, 15) is 0 Å². The van der Waals surface area contributed by atoms with Gasteiger partial charge in [-0.2, -0.15) is 0 Å². The van der Waals surface area contributed by atoms with Crippen molar-refractivity contribution in [1.82, 2.24) is 4.90 Å². The number of benzene rings is 1. The van der Waals surface area contributed by atoms with Crippen LogP contribution >= 0.6 is 0 Å². The fraction of sp³-hybridized carbons (Fsp3) is 0.562. The number of likely N-dealkylation sites (tertiary alicyclic amines) is 1. The minimum absolute atomic E-state index is 0.517. The average Bonchev–Trinajstić information content (AvgIpc) is 3.01. The molecule has 96 valence electrons. The van der Waals surface area contributed by atoms with E-state index in [-0.39, 0.29) is 0 Å². The largest absolute Gasteiger partial charge is 0.363 e. The van der Waals surface area contributed by atoms with Crippen molar-refractivity contribution in [1.29, 1.82) is 0 Å². The van der Waals surface area contributed by atoms with Crippen molar-refractivity contribution in [3.63, 3.8) is 0 Å². The molecule has 0 radical (unpaired) electrons. The highest BCUT2D eigenvalue weighted by atomic mass is 15.2. The zero-order valence-corrected chi connectivity index (χ0v) is 11.2. The van der Waals surface area contributed by atoms with E-state index < -0.39 is 0 Å². The zero-order chi connectivity index (χ0) is 12.4. The lowest BCUT2D eigenvalue weighted by atomic mass is 9.94. The Balaban J connectivity index is 1.80. The molecule has 0 spiro atoms. The van der Waals surface area contributed by atoms with E-state index in [2.05, 4.69) is 42.3 Å². The summed E-state index contributed by atoms with van der Waals surface area (Å²) in [5, 5.41) is 0. The van der Waals surface area contributed by atoms with Gasteiger partial charge >= 0.3 is 0 Å². The zero-order valence-electron chi connectivity index (χ0n) is 11.2. The van der Waals surface area contributed by atoms with Gasteiger partial charge < -0.3 is 4.90 Å². The molecule has 1 aromatic rings. The first-order chi connectivity index (χ1) is 8.84. The molecule has 2 fully saturated rings. The number of rotatable bonds is 2. The third-order valence-corrected chi connectivity index (χ3v) is 4.36. The van der Waals surface area contributed by atoms with Crippen molar-refractivity contribution in [3.05, 3.63) is 35.9 Å². The predicted molar refractivity (Wildman–Crippen MR) is 76.1 cm³/mol. The lowest BCUT2D eigenvalue weighted by Gasteiger charge is -2.19. The third kappa shape index (κ3) is 2.29. The maximum Gasteiger partial charge on any atom is 0.0990 e. The van der Waals surface area contributed by atoms with Gasteiger partial charge in [0.1, 0.15) is 0 Å². The van der Waals surface area contributed by atoms with Gasteiger partial charge in [-0.1, -0.05) is 36.8 Å². The maximum atomic E-state index is 5.06. The SMILES string of the molecule is CN1CCCC1=N[C@H]1CCC[C@H]1c1ccccc1. The quantitative estimate of drug-likeness (QED) is 0.775. The van der Waals surface area contributed by atoms with E-state index in [0.717, 1.165) is 0 Å². The van der Waals surface area contributed by atoms with E-state index in [0.29, 0.717) is 12.0 Å². The standard InChI is InChI=1S/C16H22N2/c1-18-12-6-11-16(18)17-15-10-5-9-14(15)13-7-3-2-4-8-13/h2-4,7-8,14-15H,5-6,9-12H2,1H3/t14-,15-/m0/s1. The molecule has 1 aliphatic heterocycles. The van der Waals surface area contributed by atoms with Gasteiger partial charge in [0.2, 0.25) is 0 Å². The number of aliphatic imine (C=N–C) groups is 1. The molecule has 0 amide bonds. The first-order valence-corrected chi connectivity index (χ1v) is 7.17. The molecular formula is C16H22N2. The molecule has 1 saturated carbocycles. The number of amidine groups is 1. The lowest BCUT2D eigenvalue weighted by Crippen LogP contribution is -2.22. The summed E-state index contributed by atoms with van der Waals surface area (Å²) >= 11 is 0. The van der Waals surface area contributed by atoms with Gasteiger partial charge in [-0.05, 0) is 24.8 Å². The highest BCUT2D eigenvalue weighted by molar-refractivity contribution is 5.84. The molecule has 1 heterocycles. The maximum absolute atomic E-state index is 5.06. The van der Waals surface area contributed by atoms with Crippen LogP contribution in [0.15, 0.2) is 35.3 Å². The van der Waals surface area contributed by atoms with Gasteiger partial charge in [0.15, 0.2) is 0 Å². The van der Waals surface area contributed by atoms with Crippen molar-refractivity contribution in [2.45, 2.75) is 44.1 Å². The highest BCUT2D eigenvalue weighted by Gasteiger charge is 2.29. The van der Waals surface area contributed by atoms with Gasteiger partial charge in [-0.15, -0.1) is 0 Å². The normalized spacial score (nSPS) is 30.3. The van der Waals surface area contributed by atoms with Crippen LogP contribution in [0.3, 0.4) is 0 Å². The van der Waals surface area contributed by atoms with E-state index in [1.54, 1.807) is 0 Å². The minimum atomic E-state index is 0.517. The molecule has 2 aliphatic rings. The molecule has 2 nitrogen and oxygen atoms in total. The predicted octanol–water partition coefficient (Wildman–Crippen LogP) is 3.45. The highest BCUT2D eigenvalue weighted by Crippen LogP contribution is 2.37. The van der Waals surface area contributed by atoms with Crippen molar-refractivity contribution < 1.29 is 0 Å². The van der Waals surface area contributed by atoms with Gasteiger partial charge in [0.05, 0.1) is 11.9 Å². The molecule has 0 unspecified atom stereocenters. The molecule has 1 aliphatic carbocycles. The third-order valence-electron chi connectivity index (χ3n) is 4.36. The summed E-state index contributed by atoms with van der Waals surface area (Å²) < 4.78 is 0. The van der Waals surface area contributed by atoms with Crippen molar-refractivity contribution in [3.8, 4) is 0 Å². The van der Waals surface area contributed by atoms with E-state index >= 15 is 0 Å². The molecule has 2 heteroatoms. The molecule has 0 bridgehead atoms. The minimum Gasteiger partial charge on any atom is -0.363 e. The Morgan fingerprint density at radius 1 is 1.11 bits per heavy atom. The monoisotopic (exact) mass is 242 g/mol. The van der Waals surface area contributed by atoms with Crippen LogP contribution in [-0.2, 0) is 0 Å². The Kier molecular flexibility index (Phi) is 3.35. The molecule has 1 aromatic carbocycles. The number of hydrogen-bond donors (Lipinski definition) is 0. The van der Waals surface area contributed by atoms with Crippen LogP contribution in [0, 0.1) is 0 Å². The van der Waals surface area contributed by atoms with Crippen LogP contribution in [-0.4, -0.2) is 30.4 Å². The topological polar surface area (TPSA) is 15.6 Å². The van der Waals surface area contributed by atoms with Gasteiger partial charge in [0.25, 0.3) is 0 Å². The first-order valence-electron chi connectivity index (χ1n) is 7.17. The van der Waals surface area contributed by atoms with Crippen LogP contribution in [0.5, 0.6) is 0 Å². The summed E-state index contributed by atoms with van der Waals surface area (Å²) in [5.41, 5.74) is 1.48. The smallest absolute Gasteiger partial charge is 0.0990 e. The van der Waals surface area contributed by atoms with Crippen LogP contribution in [0.25, 0.3) is 0 Å². The lowest BCUT2D eigenvalue weighted by molar-refractivity contribution is 0.534. The fourth-order valence-electron chi connectivity index (χ4n) is 3.33. The van der Waals surface area contributed by atoms with E-state index in [4.69, 9.17) is 4.99 Å². The average molecular weight is 242 g/mol. The number of nitrogens with zero attached hydrogens (tertiary/aromatic N) is 2. The van der Waals surface area contributed by atoms with Crippen molar-refractivity contribution in [2.24, 2.45) is 4.99 Å². The van der Waals surface area contributed by atoms with Crippen molar-refractivity contribution >= 4 is 5.84 Å². The Hall–Kier alpha value is -1.31. The van der Waals surface area contributed by atoms with Gasteiger partial charge in [0, 0.05) is 25.9 Å². The first kappa shape index (κ1) is 11.8. The summed E-state index contributed by atoms with van der Waals surface area (Å²) in [6.07, 6.45) is 6.34. The second kappa shape index (κ2) is 5.13. The molecular weight excluding hydrogens is 220 g/mol. The molecule has 3 rings (SSSR count). The second-order valence-corrected chi connectivity index (χ2v) is 5.59. The Morgan fingerprint density at radius 2 is 1.94 bits per heavy atom. The number of hydrogen-bond acceptors (Lipinski definition) is 1.